The summed E-state index contributed by atoms with van der Waals surface area (Å²) in [6, 6.07) is 1.36. The van der Waals surface area contributed by atoms with E-state index in [-0.39, 0.29) is 0 Å². The molecule has 106 valence electrons. The summed E-state index contributed by atoms with van der Waals surface area (Å²) in [5.41, 5.74) is 10.2. The van der Waals surface area contributed by atoms with Crippen LogP contribution in [-0.2, 0) is 11.2 Å². The SMILES string of the molecule is COc1c(C)cc(CCCC(N)C(=O)O)c(C)c1C. The summed E-state index contributed by atoms with van der Waals surface area (Å²) >= 11 is 0. The fourth-order valence-electron chi connectivity index (χ4n) is 2.35. The first-order valence-electron chi connectivity index (χ1n) is 6.50. The summed E-state index contributed by atoms with van der Waals surface area (Å²) in [4.78, 5) is 10.7. The van der Waals surface area contributed by atoms with Gasteiger partial charge in [-0.25, -0.2) is 0 Å². The molecule has 0 radical (unpaired) electrons. The molecule has 4 heteroatoms. The second-order valence-electron chi connectivity index (χ2n) is 4.97. The molecule has 0 aliphatic heterocycles. The van der Waals surface area contributed by atoms with Gasteiger partial charge in [-0.2, -0.15) is 0 Å². The Labute approximate surface area is 114 Å². The summed E-state index contributed by atoms with van der Waals surface area (Å²) in [5.74, 6) is 0.00213. The van der Waals surface area contributed by atoms with Crippen LogP contribution in [0.2, 0.25) is 0 Å². The number of aryl methyl sites for hydroxylation is 2. The molecular weight excluding hydrogens is 242 g/mol. The van der Waals surface area contributed by atoms with Crippen molar-refractivity contribution in [2.45, 2.75) is 46.1 Å². The van der Waals surface area contributed by atoms with Crippen LogP contribution in [0.1, 0.15) is 35.1 Å². The molecule has 19 heavy (non-hydrogen) atoms. The van der Waals surface area contributed by atoms with Crippen LogP contribution in [0.4, 0.5) is 0 Å². The van der Waals surface area contributed by atoms with Gasteiger partial charge in [-0.3, -0.25) is 4.79 Å². The number of carboxylic acid groups (broad SMARTS) is 1. The van der Waals surface area contributed by atoms with Crippen LogP contribution in [0.15, 0.2) is 6.07 Å². The fraction of sp³-hybridized carbons (Fsp3) is 0.533. The van der Waals surface area contributed by atoms with Crippen molar-refractivity contribution in [1.82, 2.24) is 0 Å². The average molecular weight is 265 g/mol. The average Bonchev–Trinajstić information content (AvgIpc) is 2.35. The summed E-state index contributed by atoms with van der Waals surface area (Å²) in [6.45, 7) is 6.15. The fourth-order valence-corrected chi connectivity index (χ4v) is 2.35. The van der Waals surface area contributed by atoms with Crippen LogP contribution in [0.3, 0.4) is 0 Å². The van der Waals surface area contributed by atoms with E-state index in [1.807, 2.05) is 13.8 Å². The number of hydrogen-bond acceptors (Lipinski definition) is 3. The van der Waals surface area contributed by atoms with Gasteiger partial charge in [0.25, 0.3) is 0 Å². The molecule has 0 aromatic heterocycles. The second kappa shape index (κ2) is 6.57. The topological polar surface area (TPSA) is 72.5 Å². The van der Waals surface area contributed by atoms with Gasteiger partial charge in [0.2, 0.25) is 0 Å². The third kappa shape index (κ3) is 3.70. The smallest absolute Gasteiger partial charge is 0.320 e. The normalized spacial score (nSPS) is 12.3. The van der Waals surface area contributed by atoms with E-state index in [1.165, 1.54) is 11.1 Å². The number of methoxy groups -OCH3 is 1. The first-order valence-corrected chi connectivity index (χ1v) is 6.50. The highest BCUT2D eigenvalue weighted by molar-refractivity contribution is 5.72. The zero-order valence-electron chi connectivity index (χ0n) is 12.1. The third-order valence-electron chi connectivity index (χ3n) is 3.62. The maximum Gasteiger partial charge on any atom is 0.320 e. The van der Waals surface area contributed by atoms with Gasteiger partial charge in [-0.1, -0.05) is 6.07 Å². The van der Waals surface area contributed by atoms with Crippen molar-refractivity contribution in [2.24, 2.45) is 5.73 Å². The molecule has 1 rings (SSSR count). The largest absolute Gasteiger partial charge is 0.496 e. The number of hydrogen-bond donors (Lipinski definition) is 2. The van der Waals surface area contributed by atoms with Gasteiger partial charge in [-0.05, 0) is 62.3 Å². The molecule has 0 aliphatic rings. The van der Waals surface area contributed by atoms with Crippen LogP contribution in [0, 0.1) is 20.8 Å². The third-order valence-corrected chi connectivity index (χ3v) is 3.62. The molecule has 4 nitrogen and oxygen atoms in total. The van der Waals surface area contributed by atoms with Crippen molar-refractivity contribution >= 4 is 5.97 Å². The number of carboxylic acids is 1. The van der Waals surface area contributed by atoms with Gasteiger partial charge in [0.1, 0.15) is 11.8 Å². The van der Waals surface area contributed by atoms with E-state index in [2.05, 4.69) is 13.0 Å². The summed E-state index contributed by atoms with van der Waals surface area (Å²) in [6.07, 6.45) is 2.12. The molecule has 1 aromatic carbocycles. The Balaban J connectivity index is 2.77. The molecular formula is C15H23NO3. The van der Waals surface area contributed by atoms with E-state index in [0.717, 1.165) is 29.7 Å². The van der Waals surface area contributed by atoms with E-state index in [4.69, 9.17) is 15.6 Å². The van der Waals surface area contributed by atoms with Crippen molar-refractivity contribution in [3.05, 3.63) is 28.3 Å². The van der Waals surface area contributed by atoms with Gasteiger partial charge in [-0.15, -0.1) is 0 Å². The standard InChI is InChI=1S/C15H23NO3/c1-9-8-12(6-5-7-13(16)15(17)18)10(2)11(3)14(9)19-4/h8,13H,5-7,16H2,1-4H3,(H,17,18). The Bertz CT molecular complexity index is 469. The zero-order valence-corrected chi connectivity index (χ0v) is 12.1. The highest BCUT2D eigenvalue weighted by Crippen LogP contribution is 2.29. The Morgan fingerprint density at radius 3 is 2.53 bits per heavy atom. The quantitative estimate of drug-likeness (QED) is 0.828. The number of ether oxygens (including phenoxy) is 1. The Hall–Kier alpha value is -1.55. The number of benzene rings is 1. The van der Waals surface area contributed by atoms with Crippen LogP contribution in [0.25, 0.3) is 0 Å². The van der Waals surface area contributed by atoms with Crippen molar-refractivity contribution in [2.75, 3.05) is 7.11 Å². The Morgan fingerprint density at radius 1 is 1.37 bits per heavy atom. The van der Waals surface area contributed by atoms with Gasteiger partial charge in [0.15, 0.2) is 0 Å². The predicted molar refractivity (Wildman–Crippen MR) is 75.8 cm³/mol. The van der Waals surface area contributed by atoms with Crippen molar-refractivity contribution in [3.63, 3.8) is 0 Å². The van der Waals surface area contributed by atoms with Crippen molar-refractivity contribution < 1.29 is 14.6 Å². The molecule has 3 N–H and O–H groups in total. The summed E-state index contributed by atoms with van der Waals surface area (Å²) in [5, 5.41) is 8.75. The minimum atomic E-state index is -0.932. The minimum absolute atomic E-state index is 0.499. The Kier molecular flexibility index (Phi) is 5.36. The molecule has 0 saturated heterocycles. The molecule has 0 bridgehead atoms. The molecule has 1 unspecified atom stereocenters. The number of nitrogens with two attached hydrogens (primary N) is 1. The first-order chi connectivity index (χ1) is 8.88. The highest BCUT2D eigenvalue weighted by Gasteiger charge is 2.13. The van der Waals surface area contributed by atoms with Crippen molar-refractivity contribution in [1.29, 1.82) is 0 Å². The molecule has 0 heterocycles. The van der Waals surface area contributed by atoms with Gasteiger partial charge in [0.05, 0.1) is 7.11 Å². The maximum absolute atomic E-state index is 10.7. The van der Waals surface area contributed by atoms with E-state index in [0.29, 0.717) is 6.42 Å². The lowest BCUT2D eigenvalue weighted by Gasteiger charge is -2.16. The summed E-state index contributed by atoms with van der Waals surface area (Å²) in [7, 11) is 1.68. The first kappa shape index (κ1) is 15.5. The monoisotopic (exact) mass is 265 g/mol. The van der Waals surface area contributed by atoms with Crippen LogP contribution in [-0.4, -0.2) is 24.2 Å². The minimum Gasteiger partial charge on any atom is -0.496 e. The van der Waals surface area contributed by atoms with Crippen LogP contribution >= 0.6 is 0 Å². The van der Waals surface area contributed by atoms with Crippen LogP contribution in [0.5, 0.6) is 5.75 Å². The van der Waals surface area contributed by atoms with Gasteiger partial charge < -0.3 is 15.6 Å². The molecule has 0 spiro atoms. The molecule has 0 amide bonds. The molecule has 0 fully saturated rings. The van der Waals surface area contributed by atoms with Crippen molar-refractivity contribution in [3.8, 4) is 5.75 Å². The lowest BCUT2D eigenvalue weighted by Crippen LogP contribution is -2.29. The lowest BCUT2D eigenvalue weighted by molar-refractivity contribution is -0.138. The van der Waals surface area contributed by atoms with E-state index < -0.39 is 12.0 Å². The lowest BCUT2D eigenvalue weighted by atomic mass is 9.94. The maximum atomic E-state index is 10.7. The number of carbonyl (C=O) groups is 1. The zero-order chi connectivity index (χ0) is 14.6. The predicted octanol–water partition coefficient (Wildman–Crippen LogP) is 2.36. The van der Waals surface area contributed by atoms with E-state index >= 15 is 0 Å². The Morgan fingerprint density at radius 2 is 2.00 bits per heavy atom. The highest BCUT2D eigenvalue weighted by atomic mass is 16.5. The molecule has 0 aliphatic carbocycles. The number of aliphatic carboxylic acids is 1. The van der Waals surface area contributed by atoms with Gasteiger partial charge >= 0.3 is 5.97 Å². The number of rotatable bonds is 6. The molecule has 1 atom stereocenters. The molecule has 0 saturated carbocycles. The second-order valence-corrected chi connectivity index (χ2v) is 4.97. The van der Waals surface area contributed by atoms with Gasteiger partial charge in [0, 0.05) is 0 Å². The van der Waals surface area contributed by atoms with E-state index in [9.17, 15) is 4.79 Å². The summed E-state index contributed by atoms with van der Waals surface area (Å²) < 4.78 is 5.39. The van der Waals surface area contributed by atoms with E-state index in [1.54, 1.807) is 7.11 Å². The molecule has 1 aromatic rings. The van der Waals surface area contributed by atoms with Crippen LogP contribution < -0.4 is 10.5 Å².